The minimum absolute atomic E-state index is 0.0471. The van der Waals surface area contributed by atoms with Crippen LogP contribution in [0, 0.1) is 17.0 Å². The number of benzene rings is 3. The second-order valence-corrected chi connectivity index (χ2v) is 8.91. The Hall–Kier alpha value is -3.14. The Morgan fingerprint density at radius 1 is 1.00 bits per heavy atom. The Bertz CT molecular complexity index is 1300. The summed E-state index contributed by atoms with van der Waals surface area (Å²) in [7, 11) is -4.12. The van der Waals surface area contributed by atoms with Crippen LogP contribution in [0.3, 0.4) is 0 Å². The zero-order valence-corrected chi connectivity index (χ0v) is 18.3. The Balaban J connectivity index is 1.89. The van der Waals surface area contributed by atoms with E-state index >= 15 is 0 Å². The average Bonchev–Trinajstić information content (AvgIpc) is 2.71. The summed E-state index contributed by atoms with van der Waals surface area (Å²) < 4.78 is 27.9. The Morgan fingerprint density at radius 2 is 1.71 bits per heavy atom. The van der Waals surface area contributed by atoms with Crippen molar-refractivity contribution in [2.45, 2.75) is 11.8 Å². The molecule has 0 aliphatic carbocycles. The maximum atomic E-state index is 12.8. The van der Waals surface area contributed by atoms with Gasteiger partial charge in [0.25, 0.3) is 21.6 Å². The number of halogens is 2. The summed E-state index contributed by atoms with van der Waals surface area (Å²) in [5, 5.41) is 13.8. The number of carbonyl (C=O) groups excluding carboxylic acids is 1. The van der Waals surface area contributed by atoms with E-state index in [4.69, 9.17) is 23.2 Å². The normalized spacial score (nSPS) is 11.1. The molecule has 11 heteroatoms. The van der Waals surface area contributed by atoms with Gasteiger partial charge in [-0.25, -0.2) is 8.42 Å². The number of hydrogen-bond acceptors (Lipinski definition) is 5. The first-order valence-corrected chi connectivity index (χ1v) is 11.0. The van der Waals surface area contributed by atoms with Crippen LogP contribution in [0.1, 0.15) is 15.9 Å². The number of nitrogens with one attached hydrogen (secondary N) is 2. The fraction of sp³-hybridized carbons (Fsp3) is 0.0500. The number of carbonyl (C=O) groups is 1. The van der Waals surface area contributed by atoms with Gasteiger partial charge >= 0.3 is 0 Å². The fourth-order valence-corrected chi connectivity index (χ4v) is 4.53. The van der Waals surface area contributed by atoms with Crippen molar-refractivity contribution >= 4 is 56.2 Å². The number of rotatable bonds is 6. The monoisotopic (exact) mass is 479 g/mol. The quantitative estimate of drug-likeness (QED) is 0.368. The third-order valence-electron chi connectivity index (χ3n) is 4.26. The summed E-state index contributed by atoms with van der Waals surface area (Å²) >= 11 is 12.1. The minimum atomic E-state index is -4.12. The zero-order chi connectivity index (χ0) is 22.8. The lowest BCUT2D eigenvalue weighted by atomic mass is 10.1. The van der Waals surface area contributed by atoms with E-state index in [1.165, 1.54) is 42.5 Å². The van der Waals surface area contributed by atoms with E-state index < -0.39 is 20.9 Å². The molecule has 0 aromatic heterocycles. The van der Waals surface area contributed by atoms with E-state index in [0.717, 1.165) is 6.07 Å². The molecule has 160 valence electrons. The molecule has 0 aliphatic heterocycles. The number of anilines is 2. The lowest BCUT2D eigenvalue weighted by molar-refractivity contribution is -0.385. The predicted molar refractivity (Wildman–Crippen MR) is 119 cm³/mol. The molecule has 0 radical (unpaired) electrons. The maximum Gasteiger partial charge on any atom is 0.273 e. The summed E-state index contributed by atoms with van der Waals surface area (Å²) in [6.07, 6.45) is 0. The van der Waals surface area contributed by atoms with Crippen LogP contribution in [0.5, 0.6) is 0 Å². The van der Waals surface area contributed by atoms with Gasteiger partial charge in [0.05, 0.1) is 20.7 Å². The summed E-state index contributed by atoms with van der Waals surface area (Å²) in [5.74, 6) is -0.646. The molecule has 0 saturated heterocycles. The molecular weight excluding hydrogens is 465 g/mol. The van der Waals surface area contributed by atoms with Crippen molar-refractivity contribution < 1.29 is 18.1 Å². The van der Waals surface area contributed by atoms with Gasteiger partial charge in [-0.2, -0.15) is 0 Å². The second-order valence-electron chi connectivity index (χ2n) is 6.44. The van der Waals surface area contributed by atoms with E-state index in [0.29, 0.717) is 5.56 Å². The van der Waals surface area contributed by atoms with Crippen molar-refractivity contribution in [3.8, 4) is 0 Å². The molecule has 0 heterocycles. The Labute approximate surface area is 188 Å². The maximum absolute atomic E-state index is 12.8. The molecule has 0 saturated carbocycles. The first-order valence-electron chi connectivity index (χ1n) is 8.72. The summed E-state index contributed by atoms with van der Waals surface area (Å²) in [5.41, 5.74) is 0.563. The smallest absolute Gasteiger partial charge is 0.273 e. The van der Waals surface area contributed by atoms with Crippen LogP contribution in [0.4, 0.5) is 17.1 Å². The van der Waals surface area contributed by atoms with Crippen LogP contribution in [-0.2, 0) is 10.0 Å². The molecule has 8 nitrogen and oxygen atoms in total. The van der Waals surface area contributed by atoms with Gasteiger partial charge in [0.2, 0.25) is 0 Å². The van der Waals surface area contributed by atoms with E-state index in [1.807, 2.05) is 0 Å². The summed E-state index contributed by atoms with van der Waals surface area (Å²) in [6.45, 7) is 1.56. The van der Waals surface area contributed by atoms with Crippen LogP contribution < -0.4 is 10.0 Å². The first kappa shape index (κ1) is 22.5. The van der Waals surface area contributed by atoms with Crippen LogP contribution in [0.15, 0.2) is 65.6 Å². The molecule has 1 amide bonds. The highest BCUT2D eigenvalue weighted by Crippen LogP contribution is 2.29. The minimum Gasteiger partial charge on any atom is -0.322 e. The molecule has 0 bridgehead atoms. The van der Waals surface area contributed by atoms with Crippen molar-refractivity contribution in [2.24, 2.45) is 0 Å². The predicted octanol–water partition coefficient (Wildman–Crippen LogP) is 5.26. The average molecular weight is 480 g/mol. The van der Waals surface area contributed by atoms with Gasteiger partial charge < -0.3 is 5.32 Å². The van der Waals surface area contributed by atoms with Crippen molar-refractivity contribution in [3.05, 3.63) is 92.0 Å². The number of aryl methyl sites for hydroxylation is 1. The van der Waals surface area contributed by atoms with Crippen molar-refractivity contribution in [3.63, 3.8) is 0 Å². The standard InChI is InChI=1S/C20H15Cl2N3O5S/c1-12-6-7-13(10-18(12)25(27)28)20(26)23-14-8-9-16(22)19(11-14)31(29,30)24-17-5-3-2-4-15(17)21/h2-11,24H,1H3,(H,23,26). The van der Waals surface area contributed by atoms with Crippen LogP contribution in [0.25, 0.3) is 0 Å². The Morgan fingerprint density at radius 3 is 2.39 bits per heavy atom. The van der Waals surface area contributed by atoms with Gasteiger partial charge in [0.15, 0.2) is 0 Å². The molecule has 0 atom stereocenters. The van der Waals surface area contributed by atoms with E-state index in [9.17, 15) is 23.3 Å². The number of para-hydroxylation sites is 1. The molecule has 3 aromatic rings. The molecule has 0 fully saturated rings. The fourth-order valence-electron chi connectivity index (χ4n) is 2.68. The molecule has 31 heavy (non-hydrogen) atoms. The molecule has 0 spiro atoms. The lowest BCUT2D eigenvalue weighted by Crippen LogP contribution is -2.16. The molecular formula is C20H15Cl2N3O5S. The van der Waals surface area contributed by atoms with E-state index in [1.54, 1.807) is 19.1 Å². The van der Waals surface area contributed by atoms with Gasteiger partial charge in [-0.1, -0.05) is 41.4 Å². The topological polar surface area (TPSA) is 118 Å². The van der Waals surface area contributed by atoms with Gasteiger partial charge in [-0.15, -0.1) is 0 Å². The van der Waals surface area contributed by atoms with Gasteiger partial charge in [-0.3, -0.25) is 19.6 Å². The number of nitrogens with zero attached hydrogens (tertiary/aromatic N) is 1. The lowest BCUT2D eigenvalue weighted by Gasteiger charge is -2.13. The number of hydrogen-bond donors (Lipinski definition) is 2. The van der Waals surface area contributed by atoms with Gasteiger partial charge in [-0.05, 0) is 43.3 Å². The number of sulfonamides is 1. The van der Waals surface area contributed by atoms with Crippen molar-refractivity contribution in [1.29, 1.82) is 0 Å². The SMILES string of the molecule is Cc1ccc(C(=O)Nc2ccc(Cl)c(S(=O)(=O)Nc3ccccc3Cl)c2)cc1[N+](=O)[O-]. The third-order valence-corrected chi connectivity index (χ3v) is 6.44. The van der Waals surface area contributed by atoms with E-state index in [2.05, 4.69) is 10.0 Å². The highest BCUT2D eigenvalue weighted by atomic mass is 35.5. The van der Waals surface area contributed by atoms with Crippen LogP contribution >= 0.6 is 23.2 Å². The molecule has 0 unspecified atom stereocenters. The molecule has 3 aromatic carbocycles. The highest BCUT2D eigenvalue weighted by Gasteiger charge is 2.21. The largest absolute Gasteiger partial charge is 0.322 e. The number of nitro groups is 1. The Kier molecular flexibility index (Phi) is 6.49. The number of amides is 1. The van der Waals surface area contributed by atoms with Crippen molar-refractivity contribution in [1.82, 2.24) is 0 Å². The number of nitro benzene ring substituents is 1. The van der Waals surface area contributed by atoms with Gasteiger partial charge in [0, 0.05) is 22.9 Å². The summed E-state index contributed by atoms with van der Waals surface area (Å²) in [6, 6.07) is 14.2. The first-order chi connectivity index (χ1) is 14.6. The second kappa shape index (κ2) is 8.93. The van der Waals surface area contributed by atoms with Crippen LogP contribution in [0.2, 0.25) is 10.0 Å². The van der Waals surface area contributed by atoms with Crippen LogP contribution in [-0.4, -0.2) is 19.2 Å². The van der Waals surface area contributed by atoms with E-state index in [-0.39, 0.29) is 37.6 Å². The van der Waals surface area contributed by atoms with Gasteiger partial charge in [0.1, 0.15) is 4.90 Å². The molecule has 2 N–H and O–H groups in total. The zero-order valence-electron chi connectivity index (χ0n) is 15.9. The highest BCUT2D eigenvalue weighted by molar-refractivity contribution is 7.92. The molecule has 3 rings (SSSR count). The summed E-state index contributed by atoms with van der Waals surface area (Å²) in [4.78, 5) is 22.8. The third kappa shape index (κ3) is 5.13. The van der Waals surface area contributed by atoms with Crippen molar-refractivity contribution in [2.75, 3.05) is 10.0 Å². The molecule has 0 aliphatic rings.